The van der Waals surface area contributed by atoms with Crippen LogP contribution in [0, 0.1) is 0 Å². The van der Waals surface area contributed by atoms with Crippen LogP contribution in [0.15, 0.2) is 174 Å². The van der Waals surface area contributed by atoms with Crippen LogP contribution >= 0.6 is 0 Å². The van der Waals surface area contributed by atoms with Gasteiger partial charge in [-0.05, 0) is 53.6 Å². The van der Waals surface area contributed by atoms with Crippen LogP contribution in [0.5, 0.6) is 0 Å². The van der Waals surface area contributed by atoms with Crippen LogP contribution in [0.1, 0.15) is 6.85 Å². The Morgan fingerprint density at radius 1 is 0.420 bits per heavy atom. The Hall–Kier alpha value is -6.85. The molecule has 5 heteroatoms. The lowest BCUT2D eigenvalue weighted by Crippen LogP contribution is -2.00. The van der Waals surface area contributed by atoms with Gasteiger partial charge in [0.25, 0.3) is 0 Å². The van der Waals surface area contributed by atoms with E-state index in [4.69, 9.17) is 16.3 Å². The molecule has 0 aliphatic carbocycles. The molecule has 0 atom stereocenters. The summed E-state index contributed by atoms with van der Waals surface area (Å²) in [6.45, 7) is 0. The Balaban J connectivity index is 1.11. The van der Waals surface area contributed by atoms with Crippen molar-refractivity contribution in [3.05, 3.63) is 170 Å². The summed E-state index contributed by atoms with van der Waals surface area (Å²) in [6, 6.07) is 44.6. The minimum atomic E-state index is -0.481. The molecule has 0 aliphatic heterocycles. The first-order valence-corrected chi connectivity index (χ1v) is 16.3. The van der Waals surface area contributed by atoms with E-state index in [9.17, 15) is 0 Å². The number of para-hydroxylation sites is 1. The van der Waals surface area contributed by atoms with Crippen LogP contribution in [0.2, 0.25) is 0 Å². The summed E-state index contributed by atoms with van der Waals surface area (Å²) >= 11 is 0. The summed E-state index contributed by atoms with van der Waals surface area (Å²) < 4.78 is 50.6. The van der Waals surface area contributed by atoms with Crippen molar-refractivity contribution < 1.29 is 11.3 Å². The van der Waals surface area contributed by atoms with Gasteiger partial charge >= 0.3 is 0 Å². The van der Waals surface area contributed by atoms with Crippen molar-refractivity contribution in [2.45, 2.75) is 0 Å². The molecule has 5 nitrogen and oxygen atoms in total. The van der Waals surface area contributed by atoms with Crippen LogP contribution in [0.4, 0.5) is 0 Å². The minimum absolute atomic E-state index is 0.0164. The molecule has 0 spiro atoms. The predicted molar refractivity (Wildman–Crippen MR) is 203 cm³/mol. The fraction of sp³-hybridized carbons (Fsp3) is 0. The van der Waals surface area contributed by atoms with Gasteiger partial charge in [0, 0.05) is 50.0 Å². The van der Waals surface area contributed by atoms with E-state index in [0.29, 0.717) is 22.5 Å². The van der Waals surface area contributed by atoms with Crippen molar-refractivity contribution in [3.63, 3.8) is 0 Å². The maximum Gasteiger partial charge on any atom is 0.164 e. The molecule has 234 valence electrons. The lowest BCUT2D eigenvalue weighted by Gasteiger charge is -2.08. The fourth-order valence-corrected chi connectivity index (χ4v) is 6.80. The average Bonchev–Trinajstić information content (AvgIpc) is 3.77. The normalized spacial score (nSPS) is 13.0. The number of fused-ring (bicyclic) bond motifs is 6. The van der Waals surface area contributed by atoms with Gasteiger partial charge in [0.05, 0.1) is 17.9 Å². The zero-order valence-electron chi connectivity index (χ0n) is 31.5. The Morgan fingerprint density at radius 3 is 1.80 bits per heavy atom. The molecule has 0 unspecified atom stereocenters. The van der Waals surface area contributed by atoms with Crippen molar-refractivity contribution in [1.29, 1.82) is 0 Å². The van der Waals surface area contributed by atoms with E-state index in [1.807, 2.05) is 54.6 Å². The van der Waals surface area contributed by atoms with Crippen LogP contribution in [0.25, 0.3) is 94.7 Å². The van der Waals surface area contributed by atoms with Gasteiger partial charge < -0.3 is 8.98 Å². The third kappa shape index (κ3) is 4.67. The number of furan rings is 1. The fourth-order valence-electron chi connectivity index (χ4n) is 6.80. The highest BCUT2D eigenvalue weighted by molar-refractivity contribution is 6.11. The smallest absolute Gasteiger partial charge is 0.164 e. The third-order valence-electron chi connectivity index (χ3n) is 9.14. The molecule has 3 heterocycles. The van der Waals surface area contributed by atoms with Gasteiger partial charge in [-0.2, -0.15) is 0 Å². The van der Waals surface area contributed by atoms with E-state index in [0.717, 1.165) is 38.6 Å². The molecule has 0 aliphatic rings. The van der Waals surface area contributed by atoms with Crippen LogP contribution in [-0.4, -0.2) is 19.5 Å². The van der Waals surface area contributed by atoms with E-state index < -0.39 is 18.1 Å². The second kappa shape index (κ2) is 11.4. The van der Waals surface area contributed by atoms with Gasteiger partial charge in [0.2, 0.25) is 0 Å². The summed E-state index contributed by atoms with van der Waals surface area (Å²) in [4.78, 5) is 14.1. The molecule has 7 aromatic carbocycles. The van der Waals surface area contributed by atoms with Gasteiger partial charge in [-0.1, -0.05) is 121 Å². The van der Waals surface area contributed by atoms with Crippen LogP contribution < -0.4 is 0 Å². The average molecular weight is 646 g/mol. The Kier molecular flexibility index (Phi) is 5.35. The molecule has 0 radical (unpaired) electrons. The van der Waals surface area contributed by atoms with Crippen molar-refractivity contribution in [1.82, 2.24) is 19.5 Å². The molecule has 0 fully saturated rings. The van der Waals surface area contributed by atoms with Crippen molar-refractivity contribution in [2.75, 3.05) is 0 Å². The van der Waals surface area contributed by atoms with Crippen molar-refractivity contribution >= 4 is 43.7 Å². The lowest BCUT2D eigenvalue weighted by atomic mass is 10.0. The van der Waals surface area contributed by atoms with E-state index in [1.54, 1.807) is 0 Å². The Bertz CT molecular complexity index is 3130. The van der Waals surface area contributed by atoms with E-state index >= 15 is 0 Å². The topological polar surface area (TPSA) is 56.7 Å². The maximum absolute atomic E-state index is 8.61. The van der Waals surface area contributed by atoms with Crippen molar-refractivity contribution in [3.8, 4) is 51.0 Å². The minimum Gasteiger partial charge on any atom is -0.456 e. The SMILES string of the molecule is [2H]c1c([2H])c([2H])c(-c2nc(-c3ccccc3)nc(-c3ccc4c(c3)oc3cc(-n5c6ccccc6c6cc(-c7ccccc7)ccc65)ccc34)n2)c([2H])c1[2H]. The van der Waals surface area contributed by atoms with Gasteiger partial charge in [-0.15, -0.1) is 0 Å². The first-order valence-electron chi connectivity index (χ1n) is 18.8. The van der Waals surface area contributed by atoms with Gasteiger partial charge in [-0.25, -0.2) is 15.0 Å². The number of nitrogens with zero attached hydrogens (tertiary/aromatic N) is 4. The number of benzene rings is 7. The largest absolute Gasteiger partial charge is 0.456 e. The number of hydrogen-bond donors (Lipinski definition) is 0. The Labute approximate surface area is 294 Å². The quantitative estimate of drug-likeness (QED) is 0.187. The summed E-state index contributed by atoms with van der Waals surface area (Å²) in [7, 11) is 0. The van der Waals surface area contributed by atoms with Crippen molar-refractivity contribution in [2.24, 2.45) is 0 Å². The second-order valence-electron chi connectivity index (χ2n) is 12.1. The highest BCUT2D eigenvalue weighted by atomic mass is 16.3. The Morgan fingerprint density at radius 2 is 1.02 bits per heavy atom. The molecule has 0 saturated carbocycles. The molecular formula is C45H28N4O. The predicted octanol–water partition coefficient (Wildman–Crippen LogP) is 11.5. The molecule has 50 heavy (non-hydrogen) atoms. The molecule has 10 aromatic rings. The maximum atomic E-state index is 8.61. The van der Waals surface area contributed by atoms with Crippen LogP contribution in [-0.2, 0) is 0 Å². The van der Waals surface area contributed by atoms with Crippen LogP contribution in [0.3, 0.4) is 0 Å². The lowest BCUT2D eigenvalue weighted by molar-refractivity contribution is 0.668. The standard InChI is InChI=1S/C45H28N4O/c1-4-12-29(13-5-1)32-21-25-40-38(26-32)35-18-10-11-19-39(35)49(40)34-22-24-37-36-23-20-33(27-41(36)50-42(37)28-34)45-47-43(30-14-6-2-7-15-30)46-44(48-45)31-16-8-3-9-17-31/h1-28H/i2D,6D,7D,14D,15D. The third-order valence-corrected chi connectivity index (χ3v) is 9.14. The summed E-state index contributed by atoms with van der Waals surface area (Å²) in [5.74, 6) is 0.569. The van der Waals surface area contributed by atoms with E-state index in [2.05, 4.69) is 99.5 Å². The molecule has 0 amide bonds. The molecule has 3 aromatic heterocycles. The summed E-state index contributed by atoms with van der Waals surface area (Å²) in [6.07, 6.45) is 0. The monoisotopic (exact) mass is 645 g/mol. The zero-order chi connectivity index (χ0) is 37.4. The molecular weight excluding hydrogens is 613 g/mol. The van der Waals surface area contributed by atoms with Gasteiger partial charge in [0.1, 0.15) is 11.2 Å². The highest BCUT2D eigenvalue weighted by Gasteiger charge is 2.17. The summed E-state index contributed by atoms with van der Waals surface area (Å²) in [5.41, 5.74) is 8.07. The van der Waals surface area contributed by atoms with E-state index in [1.165, 1.54) is 16.3 Å². The van der Waals surface area contributed by atoms with Gasteiger partial charge in [0.15, 0.2) is 17.5 Å². The molecule has 0 N–H and O–H groups in total. The summed E-state index contributed by atoms with van der Waals surface area (Å²) in [5, 5.41) is 4.21. The molecule has 0 bridgehead atoms. The number of aromatic nitrogens is 4. The first kappa shape index (κ1) is 23.5. The number of rotatable bonds is 5. The van der Waals surface area contributed by atoms with Gasteiger partial charge in [-0.3, -0.25) is 0 Å². The second-order valence-corrected chi connectivity index (χ2v) is 12.1. The first-order chi connectivity index (χ1) is 26.8. The number of hydrogen-bond acceptors (Lipinski definition) is 4. The highest BCUT2D eigenvalue weighted by Crippen LogP contribution is 2.38. The molecule has 0 saturated heterocycles. The molecule has 10 rings (SSSR count). The zero-order valence-corrected chi connectivity index (χ0v) is 26.5. The van der Waals surface area contributed by atoms with E-state index in [-0.39, 0.29) is 29.3 Å².